The van der Waals surface area contributed by atoms with Crippen LogP contribution in [0.1, 0.15) is 45.1 Å². The van der Waals surface area contributed by atoms with Gasteiger partial charge < -0.3 is 5.32 Å². The lowest BCUT2D eigenvalue weighted by atomic mass is 9.99. The van der Waals surface area contributed by atoms with Gasteiger partial charge in [-0.2, -0.15) is 5.26 Å². The van der Waals surface area contributed by atoms with E-state index in [1.54, 1.807) is 6.07 Å². The Bertz CT molecular complexity index is 429. The fraction of sp³-hybridized carbons (Fsp3) is 0.533. The topological polar surface area (TPSA) is 35.8 Å². The van der Waals surface area contributed by atoms with Crippen molar-refractivity contribution in [3.8, 4) is 6.07 Å². The van der Waals surface area contributed by atoms with E-state index in [1.165, 1.54) is 0 Å². The van der Waals surface area contributed by atoms with Crippen LogP contribution in [0.4, 0.5) is 14.5 Å². The van der Waals surface area contributed by atoms with Gasteiger partial charge in [-0.1, -0.05) is 33.1 Å². The zero-order valence-corrected chi connectivity index (χ0v) is 11.5. The second-order valence-corrected chi connectivity index (χ2v) is 4.72. The van der Waals surface area contributed by atoms with Crippen LogP contribution in [0, 0.1) is 28.9 Å². The van der Waals surface area contributed by atoms with Gasteiger partial charge in [0.15, 0.2) is 11.6 Å². The van der Waals surface area contributed by atoms with Crippen LogP contribution in [-0.2, 0) is 0 Å². The molecule has 1 aromatic carbocycles. The number of rotatable bonds is 7. The molecule has 4 heteroatoms. The number of nitrogens with zero attached hydrogens (tertiary/aromatic N) is 1. The van der Waals surface area contributed by atoms with Crippen molar-refractivity contribution in [2.75, 3.05) is 11.9 Å². The van der Waals surface area contributed by atoms with E-state index in [2.05, 4.69) is 19.2 Å². The van der Waals surface area contributed by atoms with Crippen molar-refractivity contribution in [1.82, 2.24) is 0 Å². The normalized spacial score (nSPS) is 11.9. The van der Waals surface area contributed by atoms with Gasteiger partial charge in [-0.3, -0.25) is 0 Å². The SMILES string of the molecule is CCCCC(CC)CNc1c(F)cc(C#N)cc1F. The summed E-state index contributed by atoms with van der Waals surface area (Å²) in [5.74, 6) is -1.00. The summed E-state index contributed by atoms with van der Waals surface area (Å²) >= 11 is 0. The zero-order valence-electron chi connectivity index (χ0n) is 11.5. The first-order chi connectivity index (χ1) is 9.12. The Hall–Kier alpha value is -1.63. The highest BCUT2D eigenvalue weighted by Gasteiger charge is 2.13. The van der Waals surface area contributed by atoms with Crippen molar-refractivity contribution in [3.05, 3.63) is 29.3 Å². The van der Waals surface area contributed by atoms with Gasteiger partial charge in [-0.25, -0.2) is 8.78 Å². The van der Waals surface area contributed by atoms with Crippen LogP contribution in [-0.4, -0.2) is 6.54 Å². The second-order valence-electron chi connectivity index (χ2n) is 4.72. The van der Waals surface area contributed by atoms with Crippen LogP contribution >= 0.6 is 0 Å². The number of benzene rings is 1. The maximum atomic E-state index is 13.7. The van der Waals surface area contributed by atoms with Gasteiger partial charge in [-0.05, 0) is 24.5 Å². The van der Waals surface area contributed by atoms with Crippen molar-refractivity contribution in [1.29, 1.82) is 5.26 Å². The second kappa shape index (κ2) is 7.73. The number of anilines is 1. The van der Waals surface area contributed by atoms with Gasteiger partial charge in [0.2, 0.25) is 0 Å². The monoisotopic (exact) mass is 266 g/mol. The molecule has 1 N–H and O–H groups in total. The largest absolute Gasteiger partial charge is 0.380 e. The Kier molecular flexibility index (Phi) is 6.27. The minimum absolute atomic E-state index is 0.00132. The highest BCUT2D eigenvalue weighted by molar-refractivity contribution is 5.50. The Labute approximate surface area is 113 Å². The molecule has 104 valence electrons. The van der Waals surface area contributed by atoms with Crippen LogP contribution in [0.5, 0.6) is 0 Å². The number of halogens is 2. The molecule has 19 heavy (non-hydrogen) atoms. The summed E-state index contributed by atoms with van der Waals surface area (Å²) in [4.78, 5) is 0. The van der Waals surface area contributed by atoms with Crippen LogP contribution in [0.2, 0.25) is 0 Å². The molecule has 2 nitrogen and oxygen atoms in total. The Morgan fingerprint density at radius 2 is 1.89 bits per heavy atom. The molecule has 0 aliphatic heterocycles. The van der Waals surface area contributed by atoms with Crippen molar-refractivity contribution in [2.45, 2.75) is 39.5 Å². The minimum atomic E-state index is -0.707. The Balaban J connectivity index is 2.69. The van der Waals surface area contributed by atoms with Gasteiger partial charge in [0.1, 0.15) is 5.69 Å². The average Bonchev–Trinajstić information content (AvgIpc) is 2.40. The first-order valence-corrected chi connectivity index (χ1v) is 6.75. The summed E-state index contributed by atoms with van der Waals surface area (Å²) in [5, 5.41) is 11.5. The van der Waals surface area contributed by atoms with Crippen LogP contribution in [0.15, 0.2) is 12.1 Å². The van der Waals surface area contributed by atoms with Crippen molar-refractivity contribution in [3.63, 3.8) is 0 Å². The van der Waals surface area contributed by atoms with E-state index in [-0.39, 0.29) is 11.3 Å². The quantitative estimate of drug-likeness (QED) is 0.790. The average molecular weight is 266 g/mol. The van der Waals surface area contributed by atoms with E-state index >= 15 is 0 Å². The van der Waals surface area contributed by atoms with Gasteiger partial charge in [0.05, 0.1) is 11.6 Å². The van der Waals surface area contributed by atoms with E-state index in [0.717, 1.165) is 37.8 Å². The molecule has 0 saturated carbocycles. The molecule has 1 unspecified atom stereocenters. The van der Waals surface area contributed by atoms with E-state index in [4.69, 9.17) is 5.26 Å². The number of hydrogen-bond acceptors (Lipinski definition) is 2. The molecule has 1 rings (SSSR count). The Morgan fingerprint density at radius 3 is 2.37 bits per heavy atom. The number of unbranched alkanes of at least 4 members (excludes halogenated alkanes) is 1. The van der Waals surface area contributed by atoms with Crippen molar-refractivity contribution < 1.29 is 8.78 Å². The lowest BCUT2D eigenvalue weighted by Gasteiger charge is -2.17. The lowest BCUT2D eigenvalue weighted by molar-refractivity contribution is 0.470. The van der Waals surface area contributed by atoms with Crippen LogP contribution in [0.25, 0.3) is 0 Å². The predicted molar refractivity (Wildman–Crippen MR) is 72.9 cm³/mol. The zero-order chi connectivity index (χ0) is 14.3. The third kappa shape index (κ3) is 4.51. The molecule has 1 atom stereocenters. The maximum Gasteiger partial charge on any atom is 0.150 e. The highest BCUT2D eigenvalue weighted by atomic mass is 19.1. The predicted octanol–water partition coefficient (Wildman–Crippen LogP) is 4.46. The summed E-state index contributed by atoms with van der Waals surface area (Å²) in [5.41, 5.74) is -0.132. The summed E-state index contributed by atoms with van der Waals surface area (Å²) in [6.07, 6.45) is 4.28. The molecule has 0 radical (unpaired) electrons. The van der Waals surface area contributed by atoms with Gasteiger partial charge >= 0.3 is 0 Å². The summed E-state index contributed by atoms with van der Waals surface area (Å²) in [6.45, 7) is 4.75. The Morgan fingerprint density at radius 1 is 1.26 bits per heavy atom. The molecular formula is C15H20F2N2. The van der Waals surface area contributed by atoms with Crippen LogP contribution in [0.3, 0.4) is 0 Å². The number of hydrogen-bond donors (Lipinski definition) is 1. The molecule has 0 heterocycles. The molecule has 0 aliphatic carbocycles. The molecule has 0 aromatic heterocycles. The van der Waals surface area contributed by atoms with Gasteiger partial charge in [0.25, 0.3) is 0 Å². The highest BCUT2D eigenvalue weighted by Crippen LogP contribution is 2.22. The first-order valence-electron chi connectivity index (χ1n) is 6.75. The smallest absolute Gasteiger partial charge is 0.150 e. The summed E-state index contributed by atoms with van der Waals surface area (Å²) < 4.78 is 27.3. The van der Waals surface area contributed by atoms with E-state index in [0.29, 0.717) is 12.5 Å². The molecule has 1 aromatic rings. The first kappa shape index (κ1) is 15.4. The van der Waals surface area contributed by atoms with E-state index < -0.39 is 11.6 Å². The molecule has 0 amide bonds. The molecule has 0 fully saturated rings. The molecule has 0 aliphatic rings. The molecular weight excluding hydrogens is 246 g/mol. The fourth-order valence-electron chi connectivity index (χ4n) is 2.00. The van der Waals surface area contributed by atoms with Crippen molar-refractivity contribution >= 4 is 5.69 Å². The molecule has 0 spiro atoms. The minimum Gasteiger partial charge on any atom is -0.380 e. The maximum absolute atomic E-state index is 13.7. The third-order valence-corrected chi connectivity index (χ3v) is 3.28. The number of nitriles is 1. The van der Waals surface area contributed by atoms with Gasteiger partial charge in [0, 0.05) is 6.54 Å². The van der Waals surface area contributed by atoms with E-state index in [9.17, 15) is 8.78 Å². The standard InChI is InChI=1S/C15H20F2N2/c1-3-5-6-11(4-2)10-19-15-13(16)7-12(9-18)8-14(15)17/h7-8,11,19H,3-6,10H2,1-2H3. The summed E-state index contributed by atoms with van der Waals surface area (Å²) in [7, 11) is 0. The van der Waals surface area contributed by atoms with Crippen LogP contribution < -0.4 is 5.32 Å². The van der Waals surface area contributed by atoms with Gasteiger partial charge in [-0.15, -0.1) is 0 Å². The molecule has 0 saturated heterocycles. The number of nitrogens with one attached hydrogen (secondary N) is 1. The van der Waals surface area contributed by atoms with E-state index in [1.807, 2.05) is 0 Å². The third-order valence-electron chi connectivity index (χ3n) is 3.28. The van der Waals surface area contributed by atoms with Crippen molar-refractivity contribution in [2.24, 2.45) is 5.92 Å². The summed E-state index contributed by atoms with van der Waals surface area (Å²) in [6, 6.07) is 3.84. The fourth-order valence-corrected chi connectivity index (χ4v) is 2.00. The molecule has 0 bridgehead atoms. The lowest BCUT2D eigenvalue weighted by Crippen LogP contribution is -2.15.